The van der Waals surface area contributed by atoms with E-state index < -0.39 is 41.4 Å². The molecule has 3 rings (SSSR count). The molecule has 0 saturated heterocycles. The van der Waals surface area contributed by atoms with E-state index in [4.69, 9.17) is 4.74 Å². The first kappa shape index (κ1) is 25.8. The highest BCUT2D eigenvalue weighted by molar-refractivity contribution is 5.92. The predicted molar refractivity (Wildman–Crippen MR) is 123 cm³/mol. The van der Waals surface area contributed by atoms with Crippen LogP contribution in [0.3, 0.4) is 0 Å². The molecule has 186 valence electrons. The molecule has 9 heteroatoms. The van der Waals surface area contributed by atoms with Gasteiger partial charge in [0.1, 0.15) is 5.75 Å². The first-order valence-corrected chi connectivity index (χ1v) is 11.1. The summed E-state index contributed by atoms with van der Waals surface area (Å²) in [6, 6.07) is 7.12. The number of ether oxygens (including phenoxy) is 1. The molecule has 0 unspecified atom stereocenters. The standard InChI is InChI=1S/C25H31F3N2O4/c1-6-13-8-7-9-15-16(13)12-18(20(15)31)29-23(33)30-19-11-14(24(2,3)4)10-17(21(19)34-5)22(32)25(26,27)28/h7-11,18,20,22,31-32H,6,12H2,1-5H3,(H2,29,30,33)/t18-,20+,22-/m1/s1. The van der Waals surface area contributed by atoms with Crippen LogP contribution in [0.25, 0.3) is 0 Å². The molecule has 0 fully saturated rings. The molecule has 0 saturated carbocycles. The second-order valence-electron chi connectivity index (χ2n) is 9.53. The van der Waals surface area contributed by atoms with Gasteiger partial charge in [-0.3, -0.25) is 0 Å². The molecular weight excluding hydrogens is 449 g/mol. The highest BCUT2D eigenvalue weighted by Crippen LogP contribution is 2.43. The molecule has 2 aromatic carbocycles. The molecule has 4 N–H and O–H groups in total. The number of benzene rings is 2. The van der Waals surface area contributed by atoms with E-state index in [2.05, 4.69) is 10.6 Å². The van der Waals surface area contributed by atoms with Gasteiger partial charge in [-0.15, -0.1) is 0 Å². The fourth-order valence-corrected chi connectivity index (χ4v) is 4.30. The zero-order valence-electron chi connectivity index (χ0n) is 19.9. The molecule has 0 aliphatic heterocycles. The monoisotopic (exact) mass is 480 g/mol. The van der Waals surface area contributed by atoms with Crippen molar-refractivity contribution in [3.8, 4) is 5.75 Å². The number of halogens is 3. The third-order valence-electron chi connectivity index (χ3n) is 6.17. The maximum absolute atomic E-state index is 13.3. The Bertz CT molecular complexity index is 1060. The van der Waals surface area contributed by atoms with Crippen molar-refractivity contribution < 1.29 is 32.9 Å². The summed E-state index contributed by atoms with van der Waals surface area (Å²) < 4.78 is 45.2. The van der Waals surface area contributed by atoms with Crippen molar-refractivity contribution in [2.24, 2.45) is 0 Å². The molecule has 0 heterocycles. The zero-order valence-corrected chi connectivity index (χ0v) is 19.9. The minimum atomic E-state index is -4.92. The van der Waals surface area contributed by atoms with Gasteiger partial charge < -0.3 is 25.6 Å². The van der Waals surface area contributed by atoms with Crippen molar-refractivity contribution in [2.45, 2.75) is 70.4 Å². The van der Waals surface area contributed by atoms with E-state index in [1.807, 2.05) is 25.1 Å². The van der Waals surface area contributed by atoms with E-state index in [1.165, 1.54) is 19.2 Å². The van der Waals surface area contributed by atoms with Crippen LogP contribution in [0.1, 0.15) is 67.7 Å². The number of nitrogens with one attached hydrogen (secondary N) is 2. The van der Waals surface area contributed by atoms with E-state index in [-0.39, 0.29) is 11.4 Å². The Balaban J connectivity index is 1.90. The second-order valence-corrected chi connectivity index (χ2v) is 9.53. The van der Waals surface area contributed by atoms with E-state index in [1.54, 1.807) is 20.8 Å². The molecule has 34 heavy (non-hydrogen) atoms. The molecule has 0 spiro atoms. The molecule has 2 aromatic rings. The number of carbonyl (C=O) groups excluding carboxylic acids is 1. The van der Waals surface area contributed by atoms with Gasteiger partial charge in [-0.1, -0.05) is 45.9 Å². The van der Waals surface area contributed by atoms with E-state index >= 15 is 0 Å². The molecule has 0 aromatic heterocycles. The highest BCUT2D eigenvalue weighted by Gasteiger charge is 2.42. The van der Waals surface area contributed by atoms with Crippen molar-refractivity contribution in [1.82, 2.24) is 5.32 Å². The third kappa shape index (κ3) is 5.15. The SMILES string of the molecule is CCc1cccc2c1C[C@@H](NC(=O)Nc1cc(C(C)(C)C)cc([C@@H](O)C(F)(F)F)c1OC)[C@H]2O. The number of aliphatic hydroxyl groups excluding tert-OH is 2. The van der Waals surface area contributed by atoms with Crippen LogP contribution >= 0.6 is 0 Å². The van der Waals surface area contributed by atoms with E-state index in [0.29, 0.717) is 12.0 Å². The van der Waals surface area contributed by atoms with Crippen molar-refractivity contribution in [3.05, 3.63) is 58.1 Å². The highest BCUT2D eigenvalue weighted by atomic mass is 19.4. The predicted octanol–water partition coefficient (Wildman–Crippen LogP) is 4.93. The van der Waals surface area contributed by atoms with E-state index in [0.717, 1.165) is 23.1 Å². The Kier molecular flexibility index (Phi) is 7.19. The van der Waals surface area contributed by atoms with Gasteiger partial charge in [-0.05, 0) is 52.6 Å². The van der Waals surface area contributed by atoms with Crippen LogP contribution in [-0.4, -0.2) is 35.6 Å². The topological polar surface area (TPSA) is 90.8 Å². The van der Waals surface area contributed by atoms with Crippen LogP contribution in [0.5, 0.6) is 5.75 Å². The van der Waals surface area contributed by atoms with Crippen LogP contribution in [0, 0.1) is 0 Å². The number of rotatable bonds is 5. The summed E-state index contributed by atoms with van der Waals surface area (Å²) in [7, 11) is 1.17. The molecule has 3 atom stereocenters. The van der Waals surface area contributed by atoms with Crippen LogP contribution < -0.4 is 15.4 Å². The maximum Gasteiger partial charge on any atom is 0.418 e. The number of anilines is 1. The van der Waals surface area contributed by atoms with Gasteiger partial charge in [0.2, 0.25) is 0 Å². The Hall–Kier alpha value is -2.78. The molecule has 0 radical (unpaired) electrons. The van der Waals surface area contributed by atoms with Gasteiger partial charge in [0.05, 0.1) is 24.9 Å². The normalized spacial score (nSPS) is 18.9. The van der Waals surface area contributed by atoms with Gasteiger partial charge >= 0.3 is 12.2 Å². The average Bonchev–Trinajstić information content (AvgIpc) is 3.06. The van der Waals surface area contributed by atoms with E-state index in [9.17, 15) is 28.2 Å². The summed E-state index contributed by atoms with van der Waals surface area (Å²) in [5.74, 6) is -0.281. The minimum Gasteiger partial charge on any atom is -0.494 e. The Morgan fingerprint density at radius 1 is 1.24 bits per heavy atom. The lowest BCUT2D eigenvalue weighted by atomic mass is 9.84. The van der Waals surface area contributed by atoms with Crippen LogP contribution in [0.4, 0.5) is 23.7 Å². The zero-order chi connectivity index (χ0) is 25.4. The molecule has 1 aliphatic rings. The van der Waals surface area contributed by atoms with Crippen molar-refractivity contribution in [1.29, 1.82) is 0 Å². The first-order valence-electron chi connectivity index (χ1n) is 11.1. The van der Waals surface area contributed by atoms with Crippen molar-refractivity contribution in [2.75, 3.05) is 12.4 Å². The fraction of sp³-hybridized carbons (Fsp3) is 0.480. The first-order chi connectivity index (χ1) is 15.8. The fourth-order valence-electron chi connectivity index (χ4n) is 4.30. The van der Waals surface area contributed by atoms with Gasteiger partial charge in [0.25, 0.3) is 0 Å². The Labute approximate surface area is 197 Å². The number of urea groups is 1. The lowest BCUT2D eigenvalue weighted by Crippen LogP contribution is -2.40. The minimum absolute atomic E-state index is 0.00928. The quantitative estimate of drug-likeness (QED) is 0.489. The van der Waals surface area contributed by atoms with Crippen molar-refractivity contribution >= 4 is 11.7 Å². The van der Waals surface area contributed by atoms with Crippen LogP contribution in [0.2, 0.25) is 0 Å². The summed E-state index contributed by atoms with van der Waals surface area (Å²) in [6.45, 7) is 7.43. The molecule has 0 bridgehead atoms. The summed E-state index contributed by atoms with van der Waals surface area (Å²) in [6.07, 6.45) is -7.38. The summed E-state index contributed by atoms with van der Waals surface area (Å²) in [4.78, 5) is 12.9. The van der Waals surface area contributed by atoms with Gasteiger partial charge in [0, 0.05) is 5.56 Å². The van der Waals surface area contributed by atoms with Gasteiger partial charge in [-0.2, -0.15) is 13.2 Å². The number of fused-ring (bicyclic) bond motifs is 1. The third-order valence-corrected chi connectivity index (χ3v) is 6.17. The van der Waals surface area contributed by atoms with Crippen LogP contribution in [-0.2, 0) is 18.3 Å². The number of amides is 2. The summed E-state index contributed by atoms with van der Waals surface area (Å²) in [5.41, 5.74) is 2.25. The molecule has 2 amide bonds. The molecular formula is C25H31F3N2O4. The average molecular weight is 481 g/mol. The lowest BCUT2D eigenvalue weighted by Gasteiger charge is -2.26. The number of methoxy groups -OCH3 is 1. The second kappa shape index (κ2) is 9.46. The Morgan fingerprint density at radius 2 is 1.91 bits per heavy atom. The molecule has 1 aliphatic carbocycles. The van der Waals surface area contributed by atoms with Gasteiger partial charge in [-0.25, -0.2) is 4.79 Å². The largest absolute Gasteiger partial charge is 0.494 e. The Morgan fingerprint density at radius 3 is 2.47 bits per heavy atom. The van der Waals surface area contributed by atoms with Crippen molar-refractivity contribution in [3.63, 3.8) is 0 Å². The number of aryl methyl sites for hydroxylation is 1. The summed E-state index contributed by atoms with van der Waals surface area (Å²) >= 11 is 0. The number of alkyl halides is 3. The number of carbonyl (C=O) groups is 1. The van der Waals surface area contributed by atoms with Crippen LogP contribution in [0.15, 0.2) is 30.3 Å². The number of hydrogen-bond acceptors (Lipinski definition) is 4. The van der Waals surface area contributed by atoms with Gasteiger partial charge in [0.15, 0.2) is 6.10 Å². The summed E-state index contributed by atoms with van der Waals surface area (Å²) in [5, 5.41) is 26.0. The maximum atomic E-state index is 13.3. The number of aliphatic hydroxyl groups is 2. The smallest absolute Gasteiger partial charge is 0.418 e. The number of hydrogen-bond donors (Lipinski definition) is 4. The lowest BCUT2D eigenvalue weighted by molar-refractivity contribution is -0.207. The molecule has 6 nitrogen and oxygen atoms in total.